The van der Waals surface area contributed by atoms with Crippen molar-refractivity contribution in [3.8, 4) is 0 Å². The summed E-state index contributed by atoms with van der Waals surface area (Å²) < 4.78 is 11.2. The van der Waals surface area contributed by atoms with E-state index in [0.29, 0.717) is 5.41 Å². The molecule has 0 unspecified atom stereocenters. The first-order valence-corrected chi connectivity index (χ1v) is 7.10. The maximum atomic E-state index is 5.65. The van der Waals surface area contributed by atoms with Crippen LogP contribution in [0.1, 0.15) is 24.4 Å². The summed E-state index contributed by atoms with van der Waals surface area (Å²) in [6, 6.07) is 4.10. The Labute approximate surface area is 116 Å². The Morgan fingerprint density at radius 2 is 2.05 bits per heavy atom. The van der Waals surface area contributed by atoms with E-state index in [4.69, 9.17) is 9.15 Å². The predicted molar refractivity (Wildman–Crippen MR) is 76.2 cm³/mol. The molecule has 108 valence electrons. The van der Waals surface area contributed by atoms with Crippen LogP contribution >= 0.6 is 0 Å². The zero-order valence-corrected chi connectivity index (χ0v) is 12.4. The van der Waals surface area contributed by atoms with Crippen LogP contribution in [-0.2, 0) is 11.3 Å². The van der Waals surface area contributed by atoms with Gasteiger partial charge in [0.25, 0.3) is 0 Å². The van der Waals surface area contributed by atoms with Gasteiger partial charge in [-0.1, -0.05) is 0 Å². The Hall–Kier alpha value is -0.840. The second kappa shape index (κ2) is 6.55. The lowest BCUT2D eigenvalue weighted by molar-refractivity contribution is -0.00148. The summed E-state index contributed by atoms with van der Waals surface area (Å²) in [4.78, 5) is 2.36. The van der Waals surface area contributed by atoms with E-state index in [0.717, 1.165) is 57.2 Å². The molecule has 19 heavy (non-hydrogen) atoms. The third-order valence-electron chi connectivity index (χ3n) is 3.93. The highest BCUT2D eigenvalue weighted by atomic mass is 16.5. The van der Waals surface area contributed by atoms with E-state index in [1.54, 1.807) is 0 Å². The summed E-state index contributed by atoms with van der Waals surface area (Å²) in [7, 11) is 4.21. The lowest BCUT2D eigenvalue weighted by Gasteiger charge is -2.39. The summed E-state index contributed by atoms with van der Waals surface area (Å²) in [5.74, 6) is 2.03. The highest BCUT2D eigenvalue weighted by Crippen LogP contribution is 2.31. The Balaban J connectivity index is 1.92. The maximum Gasteiger partial charge on any atom is 0.118 e. The van der Waals surface area contributed by atoms with Crippen molar-refractivity contribution in [2.24, 2.45) is 5.41 Å². The van der Waals surface area contributed by atoms with Gasteiger partial charge in [0.05, 0.1) is 6.54 Å². The van der Waals surface area contributed by atoms with E-state index in [2.05, 4.69) is 23.3 Å². The van der Waals surface area contributed by atoms with Crippen LogP contribution in [-0.4, -0.2) is 45.3 Å². The molecule has 1 aliphatic rings. The van der Waals surface area contributed by atoms with Gasteiger partial charge in [0.2, 0.25) is 0 Å². The minimum atomic E-state index is 0.337. The molecule has 1 aromatic heterocycles. The monoisotopic (exact) mass is 266 g/mol. The van der Waals surface area contributed by atoms with Crippen molar-refractivity contribution >= 4 is 0 Å². The van der Waals surface area contributed by atoms with Gasteiger partial charge in [-0.3, -0.25) is 4.90 Å². The topological polar surface area (TPSA) is 37.6 Å². The van der Waals surface area contributed by atoms with E-state index < -0.39 is 0 Å². The van der Waals surface area contributed by atoms with Crippen molar-refractivity contribution < 1.29 is 9.15 Å². The molecule has 0 aromatic carbocycles. The van der Waals surface area contributed by atoms with E-state index in [-0.39, 0.29) is 0 Å². The van der Waals surface area contributed by atoms with Crippen molar-refractivity contribution in [1.29, 1.82) is 0 Å². The SMILES string of the molecule is CNCC1(CN(C)Cc2ccc(C)o2)CCOCC1. The zero-order valence-electron chi connectivity index (χ0n) is 12.4. The summed E-state index contributed by atoms with van der Waals surface area (Å²) in [6.45, 7) is 6.77. The Morgan fingerprint density at radius 3 is 2.63 bits per heavy atom. The molecule has 1 aromatic rings. The maximum absolute atomic E-state index is 5.65. The quantitative estimate of drug-likeness (QED) is 0.855. The van der Waals surface area contributed by atoms with Crippen LogP contribution in [0.2, 0.25) is 0 Å². The van der Waals surface area contributed by atoms with E-state index >= 15 is 0 Å². The van der Waals surface area contributed by atoms with Crippen molar-refractivity contribution in [3.63, 3.8) is 0 Å². The van der Waals surface area contributed by atoms with Crippen LogP contribution in [0, 0.1) is 12.3 Å². The summed E-state index contributed by atoms with van der Waals surface area (Å²) in [5.41, 5.74) is 0.337. The summed E-state index contributed by atoms with van der Waals surface area (Å²) >= 11 is 0. The number of rotatable bonds is 6. The van der Waals surface area contributed by atoms with Crippen LogP contribution in [0.3, 0.4) is 0 Å². The molecule has 0 radical (unpaired) electrons. The average molecular weight is 266 g/mol. The first-order valence-electron chi connectivity index (χ1n) is 7.10. The van der Waals surface area contributed by atoms with Crippen LogP contribution < -0.4 is 5.32 Å². The zero-order chi connectivity index (χ0) is 13.7. The number of nitrogens with zero attached hydrogens (tertiary/aromatic N) is 1. The molecule has 1 saturated heterocycles. The summed E-state index contributed by atoms with van der Waals surface area (Å²) in [6.07, 6.45) is 2.27. The van der Waals surface area contributed by atoms with Gasteiger partial charge in [-0.2, -0.15) is 0 Å². The van der Waals surface area contributed by atoms with E-state index in [9.17, 15) is 0 Å². The van der Waals surface area contributed by atoms with Crippen molar-refractivity contribution in [3.05, 3.63) is 23.7 Å². The highest BCUT2D eigenvalue weighted by Gasteiger charge is 2.33. The molecule has 0 aliphatic carbocycles. The Bertz CT molecular complexity index is 378. The van der Waals surface area contributed by atoms with E-state index in [1.165, 1.54) is 0 Å². The van der Waals surface area contributed by atoms with Crippen LogP contribution in [0.5, 0.6) is 0 Å². The molecule has 2 rings (SSSR count). The molecule has 0 saturated carbocycles. The standard InChI is InChI=1S/C15H26N2O2/c1-13-4-5-14(19-13)10-17(3)12-15(11-16-2)6-8-18-9-7-15/h4-5,16H,6-12H2,1-3H3. The van der Waals surface area contributed by atoms with Gasteiger partial charge in [0.1, 0.15) is 11.5 Å². The third-order valence-corrected chi connectivity index (χ3v) is 3.93. The molecule has 0 atom stereocenters. The molecule has 4 heteroatoms. The molecular weight excluding hydrogens is 240 g/mol. The molecule has 4 nitrogen and oxygen atoms in total. The molecule has 1 aliphatic heterocycles. The molecular formula is C15H26N2O2. The minimum Gasteiger partial charge on any atom is -0.465 e. The van der Waals surface area contributed by atoms with Crippen molar-refractivity contribution in [2.75, 3.05) is 40.4 Å². The van der Waals surface area contributed by atoms with Gasteiger partial charge in [-0.15, -0.1) is 0 Å². The number of furan rings is 1. The normalized spacial score (nSPS) is 18.9. The fourth-order valence-corrected chi connectivity index (χ4v) is 3.03. The fourth-order valence-electron chi connectivity index (χ4n) is 3.03. The second-order valence-electron chi connectivity index (χ2n) is 5.83. The lowest BCUT2D eigenvalue weighted by atomic mass is 9.79. The second-order valence-corrected chi connectivity index (χ2v) is 5.83. The van der Waals surface area contributed by atoms with Gasteiger partial charge < -0.3 is 14.5 Å². The molecule has 2 heterocycles. The van der Waals surface area contributed by atoms with Gasteiger partial charge in [0.15, 0.2) is 0 Å². The van der Waals surface area contributed by atoms with Crippen molar-refractivity contribution in [2.45, 2.75) is 26.3 Å². The first-order chi connectivity index (χ1) is 9.13. The lowest BCUT2D eigenvalue weighted by Crippen LogP contribution is -2.45. The Morgan fingerprint density at radius 1 is 1.32 bits per heavy atom. The van der Waals surface area contributed by atoms with E-state index in [1.807, 2.05) is 20.0 Å². The smallest absolute Gasteiger partial charge is 0.118 e. The number of hydrogen-bond acceptors (Lipinski definition) is 4. The molecule has 1 fully saturated rings. The molecule has 0 bridgehead atoms. The first kappa shape index (κ1) is 14.6. The van der Waals surface area contributed by atoms with Crippen LogP contribution in [0.25, 0.3) is 0 Å². The molecule has 0 amide bonds. The van der Waals surface area contributed by atoms with Gasteiger partial charge in [-0.05, 0) is 51.4 Å². The molecule has 0 spiro atoms. The van der Waals surface area contributed by atoms with Gasteiger partial charge in [0, 0.05) is 26.3 Å². The third kappa shape index (κ3) is 4.06. The van der Waals surface area contributed by atoms with Crippen LogP contribution in [0.4, 0.5) is 0 Å². The van der Waals surface area contributed by atoms with Gasteiger partial charge >= 0.3 is 0 Å². The fraction of sp³-hybridized carbons (Fsp3) is 0.733. The van der Waals surface area contributed by atoms with Crippen LogP contribution in [0.15, 0.2) is 16.5 Å². The molecule has 1 N–H and O–H groups in total. The number of ether oxygens (including phenoxy) is 1. The van der Waals surface area contributed by atoms with Crippen molar-refractivity contribution in [1.82, 2.24) is 10.2 Å². The predicted octanol–water partition coefficient (Wildman–Crippen LogP) is 2.04. The summed E-state index contributed by atoms with van der Waals surface area (Å²) in [5, 5.41) is 3.35. The number of hydrogen-bond donors (Lipinski definition) is 1. The Kier molecular flexibility index (Phi) is 5.02. The average Bonchev–Trinajstić information content (AvgIpc) is 2.75. The minimum absolute atomic E-state index is 0.337. The number of nitrogens with one attached hydrogen (secondary N) is 1. The largest absolute Gasteiger partial charge is 0.465 e. The van der Waals surface area contributed by atoms with Gasteiger partial charge in [-0.25, -0.2) is 0 Å². The highest BCUT2D eigenvalue weighted by molar-refractivity contribution is 5.05. The number of aryl methyl sites for hydroxylation is 1.